The van der Waals surface area contributed by atoms with Crippen LogP contribution in [0.5, 0.6) is 0 Å². The highest BCUT2D eigenvalue weighted by Gasteiger charge is 2.60. The van der Waals surface area contributed by atoms with E-state index in [1.165, 1.54) is 57.8 Å². The largest absolute Gasteiger partial charge is 0.393 e. The summed E-state index contributed by atoms with van der Waals surface area (Å²) in [6.45, 7) is 14.9. The van der Waals surface area contributed by atoms with E-state index in [9.17, 15) is 5.11 Å². The summed E-state index contributed by atoms with van der Waals surface area (Å²) in [7, 11) is 0. The lowest BCUT2D eigenvalue weighted by Crippen LogP contribution is -2.54. The first-order chi connectivity index (χ1) is 14.2. The van der Waals surface area contributed by atoms with E-state index in [0.29, 0.717) is 16.7 Å². The van der Waals surface area contributed by atoms with E-state index in [4.69, 9.17) is 0 Å². The maximum absolute atomic E-state index is 10.3. The van der Waals surface area contributed by atoms with Crippen molar-refractivity contribution in [1.29, 1.82) is 0 Å². The second-order valence-electron chi connectivity index (χ2n) is 12.8. The van der Waals surface area contributed by atoms with Gasteiger partial charge in [-0.25, -0.2) is 0 Å². The number of aliphatic hydroxyl groups excluding tert-OH is 1. The quantitative estimate of drug-likeness (QED) is 0.451. The Morgan fingerprint density at radius 2 is 1.63 bits per heavy atom. The van der Waals surface area contributed by atoms with Crippen LogP contribution in [-0.2, 0) is 0 Å². The molecule has 4 aliphatic rings. The molecule has 1 nitrogen and oxygen atoms in total. The Balaban J connectivity index is 1.49. The van der Waals surface area contributed by atoms with Crippen molar-refractivity contribution in [3.63, 3.8) is 0 Å². The second kappa shape index (κ2) is 8.57. The molecule has 172 valence electrons. The number of allylic oxidation sites excluding steroid dienone is 2. The zero-order chi connectivity index (χ0) is 21.7. The Kier molecular flexibility index (Phi) is 6.53. The minimum atomic E-state index is -0.0166. The molecule has 0 saturated heterocycles. The summed E-state index contributed by atoms with van der Waals surface area (Å²) in [4.78, 5) is 0. The molecule has 4 aliphatic carbocycles. The van der Waals surface area contributed by atoms with Crippen LogP contribution in [0.1, 0.15) is 112 Å². The highest BCUT2D eigenvalue weighted by molar-refractivity contribution is 5.11. The third-order valence-corrected chi connectivity index (χ3v) is 11.3. The fraction of sp³-hybridized carbons (Fsp3) is 0.931. The van der Waals surface area contributed by atoms with Gasteiger partial charge in [0.15, 0.2) is 0 Å². The summed E-state index contributed by atoms with van der Waals surface area (Å²) in [5, 5.41) is 10.3. The van der Waals surface area contributed by atoms with Crippen LogP contribution >= 0.6 is 0 Å². The molecule has 0 aromatic heterocycles. The third-order valence-electron chi connectivity index (χ3n) is 11.3. The van der Waals surface area contributed by atoms with Crippen molar-refractivity contribution in [3.8, 4) is 0 Å². The highest BCUT2D eigenvalue weighted by Crippen LogP contribution is 2.68. The summed E-state index contributed by atoms with van der Waals surface area (Å²) in [5.74, 6) is 6.11. The van der Waals surface area contributed by atoms with Crippen molar-refractivity contribution in [1.82, 2.24) is 0 Å². The summed E-state index contributed by atoms with van der Waals surface area (Å²) in [6, 6.07) is 0. The van der Waals surface area contributed by atoms with Gasteiger partial charge in [0.1, 0.15) is 0 Å². The monoisotopic (exact) mass is 414 g/mol. The smallest absolute Gasteiger partial charge is 0.0543 e. The van der Waals surface area contributed by atoms with Crippen LogP contribution in [0.4, 0.5) is 0 Å². The van der Waals surface area contributed by atoms with Crippen molar-refractivity contribution in [2.75, 3.05) is 0 Å². The molecule has 0 aromatic carbocycles. The highest BCUT2D eigenvalue weighted by atomic mass is 16.3. The van der Waals surface area contributed by atoms with Gasteiger partial charge in [0.05, 0.1) is 6.10 Å². The predicted molar refractivity (Wildman–Crippen MR) is 128 cm³/mol. The third kappa shape index (κ3) is 3.74. The lowest BCUT2D eigenvalue weighted by molar-refractivity contribution is -0.129. The van der Waals surface area contributed by atoms with Gasteiger partial charge in [0.25, 0.3) is 0 Å². The van der Waals surface area contributed by atoms with Gasteiger partial charge < -0.3 is 5.11 Å². The van der Waals surface area contributed by atoms with E-state index < -0.39 is 0 Å². The van der Waals surface area contributed by atoms with Crippen LogP contribution in [0.2, 0.25) is 0 Å². The van der Waals surface area contributed by atoms with Crippen LogP contribution in [0, 0.1) is 52.3 Å². The lowest BCUT2D eigenvalue weighted by atomic mass is 9.44. The van der Waals surface area contributed by atoms with Crippen molar-refractivity contribution >= 4 is 0 Å². The molecule has 0 aromatic rings. The van der Waals surface area contributed by atoms with Crippen molar-refractivity contribution < 1.29 is 5.11 Å². The van der Waals surface area contributed by atoms with Gasteiger partial charge in [0.2, 0.25) is 0 Å². The Labute approximate surface area is 187 Å². The van der Waals surface area contributed by atoms with Crippen LogP contribution in [0.3, 0.4) is 0 Å². The molecule has 0 amide bonds. The Morgan fingerprint density at radius 1 is 0.933 bits per heavy atom. The SMILES string of the molecule is CC/C(=C/C[C@@H](C)C1CCC2C3CC[C@@H]4C[C@@H](O)CC[C@]4(C)C3CC[C@@]21C)C(C)C. The molecule has 4 fully saturated rings. The van der Waals surface area contributed by atoms with Crippen LogP contribution < -0.4 is 0 Å². The van der Waals surface area contributed by atoms with Gasteiger partial charge >= 0.3 is 0 Å². The molecule has 4 saturated carbocycles. The molecule has 0 spiro atoms. The zero-order valence-corrected chi connectivity index (χ0v) is 20.9. The summed E-state index contributed by atoms with van der Waals surface area (Å²) >= 11 is 0. The molecule has 0 radical (unpaired) electrons. The van der Waals surface area contributed by atoms with Gasteiger partial charge in [-0.2, -0.15) is 0 Å². The molecular formula is C29H50O. The summed E-state index contributed by atoms with van der Waals surface area (Å²) in [6.07, 6.45) is 17.3. The molecule has 30 heavy (non-hydrogen) atoms. The maximum atomic E-state index is 10.3. The average molecular weight is 415 g/mol. The first-order valence-corrected chi connectivity index (χ1v) is 13.6. The molecule has 0 heterocycles. The van der Waals surface area contributed by atoms with Gasteiger partial charge in [-0.15, -0.1) is 0 Å². The van der Waals surface area contributed by atoms with E-state index in [1.54, 1.807) is 5.57 Å². The first kappa shape index (κ1) is 22.9. The number of hydrogen-bond donors (Lipinski definition) is 1. The Bertz CT molecular complexity index is 634. The van der Waals surface area contributed by atoms with E-state index in [-0.39, 0.29) is 6.10 Å². The van der Waals surface area contributed by atoms with Gasteiger partial charge in [0, 0.05) is 0 Å². The molecule has 1 N–H and O–H groups in total. The van der Waals surface area contributed by atoms with E-state index in [1.807, 2.05) is 0 Å². The number of rotatable bonds is 5. The van der Waals surface area contributed by atoms with Crippen molar-refractivity contribution in [2.24, 2.45) is 52.3 Å². The summed E-state index contributed by atoms with van der Waals surface area (Å²) in [5.41, 5.74) is 2.76. The molecular weight excluding hydrogens is 364 g/mol. The van der Waals surface area contributed by atoms with Crippen LogP contribution in [0.25, 0.3) is 0 Å². The molecule has 0 aliphatic heterocycles. The van der Waals surface area contributed by atoms with Gasteiger partial charge in [-0.1, -0.05) is 53.2 Å². The average Bonchev–Trinajstić information content (AvgIpc) is 3.06. The molecule has 0 bridgehead atoms. The van der Waals surface area contributed by atoms with E-state index >= 15 is 0 Å². The van der Waals surface area contributed by atoms with Crippen LogP contribution in [0.15, 0.2) is 11.6 Å². The molecule has 4 rings (SSSR count). The number of hydrogen-bond acceptors (Lipinski definition) is 1. The minimum Gasteiger partial charge on any atom is -0.393 e. The number of fused-ring (bicyclic) bond motifs is 5. The fourth-order valence-electron chi connectivity index (χ4n) is 9.50. The predicted octanol–water partition coefficient (Wildman–Crippen LogP) is 8.02. The molecule has 9 atom stereocenters. The van der Waals surface area contributed by atoms with E-state index in [2.05, 4.69) is 47.6 Å². The second-order valence-corrected chi connectivity index (χ2v) is 12.8. The Hall–Kier alpha value is -0.300. The van der Waals surface area contributed by atoms with Crippen molar-refractivity contribution in [2.45, 2.75) is 118 Å². The van der Waals surface area contributed by atoms with Gasteiger partial charge in [-0.05, 0) is 123 Å². The number of aliphatic hydroxyl groups is 1. The fourth-order valence-corrected chi connectivity index (χ4v) is 9.50. The standard InChI is InChI=1S/C29H50O/c1-7-21(19(2)3)9-8-20(4)25-12-13-26-24-11-10-22-18-23(30)14-16-28(22,5)27(24)15-17-29(25,26)6/h9,19-20,22-27,30H,7-8,10-18H2,1-6H3/b21-9-/t20-,22-,23+,24?,25?,26?,27?,28+,29-/m1/s1. The van der Waals surface area contributed by atoms with Gasteiger partial charge in [-0.3, -0.25) is 0 Å². The minimum absolute atomic E-state index is 0.0166. The van der Waals surface area contributed by atoms with Crippen molar-refractivity contribution in [3.05, 3.63) is 11.6 Å². The topological polar surface area (TPSA) is 20.2 Å². The molecule has 1 heteroatoms. The first-order valence-electron chi connectivity index (χ1n) is 13.6. The summed E-state index contributed by atoms with van der Waals surface area (Å²) < 4.78 is 0. The van der Waals surface area contributed by atoms with E-state index in [0.717, 1.165) is 48.3 Å². The molecule has 4 unspecified atom stereocenters. The maximum Gasteiger partial charge on any atom is 0.0543 e. The van der Waals surface area contributed by atoms with Crippen LogP contribution in [-0.4, -0.2) is 11.2 Å². The zero-order valence-electron chi connectivity index (χ0n) is 20.9. The Morgan fingerprint density at radius 3 is 2.33 bits per heavy atom. The lowest BCUT2D eigenvalue weighted by Gasteiger charge is -2.61. The normalized spacial score (nSPS) is 47.5.